The fourth-order valence-corrected chi connectivity index (χ4v) is 4.30. The molecule has 1 aromatic heterocycles. The van der Waals surface area contributed by atoms with E-state index in [1.807, 2.05) is 25.1 Å². The summed E-state index contributed by atoms with van der Waals surface area (Å²) in [5.41, 5.74) is 2.21. The van der Waals surface area contributed by atoms with Crippen molar-refractivity contribution in [2.24, 2.45) is 0 Å². The van der Waals surface area contributed by atoms with Crippen molar-refractivity contribution in [3.8, 4) is 22.8 Å². The van der Waals surface area contributed by atoms with E-state index in [9.17, 15) is 9.59 Å². The summed E-state index contributed by atoms with van der Waals surface area (Å²) in [6.45, 7) is 5.85. The average Bonchev–Trinajstić information content (AvgIpc) is 3.14. The van der Waals surface area contributed by atoms with Crippen molar-refractivity contribution in [2.45, 2.75) is 6.92 Å². The smallest absolute Gasteiger partial charge is 0.265 e. The van der Waals surface area contributed by atoms with Gasteiger partial charge in [-0.2, -0.15) is 0 Å². The second-order valence-electron chi connectivity index (χ2n) is 6.96. The van der Waals surface area contributed by atoms with Crippen molar-refractivity contribution in [1.82, 2.24) is 4.98 Å². The second-order valence-corrected chi connectivity index (χ2v) is 8.57. The molecule has 1 aliphatic heterocycles. The van der Waals surface area contributed by atoms with Gasteiger partial charge in [-0.1, -0.05) is 29.8 Å². The Kier molecular flexibility index (Phi) is 6.43. The molecule has 2 heterocycles. The third-order valence-corrected chi connectivity index (χ3v) is 5.92. The highest BCUT2D eigenvalue weighted by atomic mass is 35.5. The van der Waals surface area contributed by atoms with Gasteiger partial charge < -0.3 is 14.4 Å². The highest BCUT2D eigenvalue weighted by molar-refractivity contribution is 7.16. The first-order valence-corrected chi connectivity index (χ1v) is 11.0. The van der Waals surface area contributed by atoms with Gasteiger partial charge in [0.1, 0.15) is 11.5 Å². The molecule has 32 heavy (non-hydrogen) atoms. The Morgan fingerprint density at radius 1 is 1.38 bits per heavy atom. The lowest BCUT2D eigenvalue weighted by atomic mass is 10.1. The van der Waals surface area contributed by atoms with Crippen molar-refractivity contribution >= 4 is 45.6 Å². The predicted octanol–water partition coefficient (Wildman–Crippen LogP) is 4.70. The van der Waals surface area contributed by atoms with Gasteiger partial charge in [0.15, 0.2) is 18.3 Å². The van der Waals surface area contributed by atoms with E-state index in [2.05, 4.69) is 16.9 Å². The molecule has 0 unspecified atom stereocenters. The summed E-state index contributed by atoms with van der Waals surface area (Å²) in [6.07, 6.45) is 1.67. The number of para-hydroxylation sites is 1. The molecule has 0 spiro atoms. The number of ether oxygens (including phenoxy) is 2. The van der Waals surface area contributed by atoms with Gasteiger partial charge in [0.25, 0.3) is 11.8 Å². The van der Waals surface area contributed by atoms with Gasteiger partial charge in [0.05, 0.1) is 16.4 Å². The molecule has 0 aliphatic carbocycles. The summed E-state index contributed by atoms with van der Waals surface area (Å²) in [7, 11) is 0. The summed E-state index contributed by atoms with van der Waals surface area (Å²) >= 11 is 7.40. The summed E-state index contributed by atoms with van der Waals surface area (Å²) in [4.78, 5) is 31.7. The Labute approximate surface area is 194 Å². The fourth-order valence-electron chi connectivity index (χ4n) is 3.26. The van der Waals surface area contributed by atoms with Crippen molar-refractivity contribution in [1.29, 1.82) is 0 Å². The molecule has 0 saturated carbocycles. The van der Waals surface area contributed by atoms with E-state index in [-0.39, 0.29) is 25.0 Å². The van der Waals surface area contributed by atoms with E-state index in [4.69, 9.17) is 21.1 Å². The highest BCUT2D eigenvalue weighted by Crippen LogP contribution is 2.38. The van der Waals surface area contributed by atoms with Crippen molar-refractivity contribution in [2.75, 3.05) is 30.0 Å². The van der Waals surface area contributed by atoms with Gasteiger partial charge in [0, 0.05) is 17.0 Å². The van der Waals surface area contributed by atoms with E-state index in [1.54, 1.807) is 35.2 Å². The minimum atomic E-state index is -0.341. The quantitative estimate of drug-likeness (QED) is 0.507. The summed E-state index contributed by atoms with van der Waals surface area (Å²) in [5, 5.41) is 3.65. The zero-order valence-electron chi connectivity index (χ0n) is 17.3. The first-order chi connectivity index (χ1) is 15.5. The SMILES string of the molecule is C=CCN1C(=O)COc2ccc(-c3nc(NC(=O)COc4ccccc4Cl)sc3C)cc21. The first-order valence-electron chi connectivity index (χ1n) is 9.79. The van der Waals surface area contributed by atoms with Crippen LogP contribution in [0.15, 0.2) is 55.1 Å². The van der Waals surface area contributed by atoms with Crippen LogP contribution in [0.4, 0.5) is 10.8 Å². The van der Waals surface area contributed by atoms with Crippen LogP contribution in [0.1, 0.15) is 4.88 Å². The number of nitrogens with zero attached hydrogens (tertiary/aromatic N) is 2. The molecule has 0 radical (unpaired) electrons. The molecule has 3 aromatic rings. The number of carbonyl (C=O) groups is 2. The highest BCUT2D eigenvalue weighted by Gasteiger charge is 2.25. The van der Waals surface area contributed by atoms with Crippen LogP contribution in [0.2, 0.25) is 5.02 Å². The number of anilines is 2. The molecule has 2 amide bonds. The molecule has 164 valence electrons. The Morgan fingerprint density at radius 3 is 2.97 bits per heavy atom. The predicted molar refractivity (Wildman–Crippen MR) is 126 cm³/mol. The molecular weight excluding hydrogens is 450 g/mol. The van der Waals surface area contributed by atoms with Gasteiger partial charge in [-0.3, -0.25) is 14.9 Å². The van der Waals surface area contributed by atoms with Crippen LogP contribution < -0.4 is 19.7 Å². The van der Waals surface area contributed by atoms with Gasteiger partial charge in [-0.05, 0) is 37.3 Å². The molecule has 0 saturated heterocycles. The summed E-state index contributed by atoms with van der Waals surface area (Å²) in [6, 6.07) is 12.5. The third-order valence-electron chi connectivity index (χ3n) is 4.73. The molecule has 9 heteroatoms. The minimum absolute atomic E-state index is 0.00234. The number of carbonyl (C=O) groups excluding carboxylic acids is 2. The number of fused-ring (bicyclic) bond motifs is 1. The van der Waals surface area contributed by atoms with Gasteiger partial charge in [0.2, 0.25) is 0 Å². The number of halogens is 1. The number of hydrogen-bond donors (Lipinski definition) is 1. The van der Waals surface area contributed by atoms with Crippen LogP contribution in [0, 0.1) is 6.92 Å². The van der Waals surface area contributed by atoms with Crippen molar-refractivity contribution in [3.63, 3.8) is 0 Å². The number of rotatable bonds is 7. The summed E-state index contributed by atoms with van der Waals surface area (Å²) in [5.74, 6) is 0.603. The molecule has 0 fully saturated rings. The lowest BCUT2D eigenvalue weighted by molar-refractivity contribution is -0.121. The van der Waals surface area contributed by atoms with E-state index < -0.39 is 0 Å². The Hall–Kier alpha value is -3.36. The molecule has 1 aliphatic rings. The fraction of sp³-hybridized carbons (Fsp3) is 0.174. The molecule has 2 aromatic carbocycles. The Morgan fingerprint density at radius 2 is 2.19 bits per heavy atom. The summed E-state index contributed by atoms with van der Waals surface area (Å²) < 4.78 is 11.0. The zero-order chi connectivity index (χ0) is 22.7. The monoisotopic (exact) mass is 469 g/mol. The molecule has 0 bridgehead atoms. The lowest BCUT2D eigenvalue weighted by Crippen LogP contribution is -2.38. The van der Waals surface area contributed by atoms with E-state index in [0.29, 0.717) is 33.9 Å². The number of thiazole rings is 1. The van der Waals surface area contributed by atoms with Crippen molar-refractivity contribution < 1.29 is 19.1 Å². The number of aryl methyl sites for hydroxylation is 1. The maximum absolute atomic E-state index is 12.3. The van der Waals surface area contributed by atoms with Crippen molar-refractivity contribution in [3.05, 3.63) is 65.0 Å². The Balaban J connectivity index is 1.50. The maximum Gasteiger partial charge on any atom is 0.265 e. The molecule has 7 nitrogen and oxygen atoms in total. The molecule has 4 rings (SSSR count). The van der Waals surface area contributed by atoms with Crippen LogP contribution in [0.25, 0.3) is 11.3 Å². The van der Waals surface area contributed by atoms with Crippen LogP contribution in [-0.2, 0) is 9.59 Å². The number of benzene rings is 2. The maximum atomic E-state index is 12.3. The number of nitrogens with one attached hydrogen (secondary N) is 1. The molecular formula is C23H20ClN3O4S. The van der Waals surface area contributed by atoms with Gasteiger partial charge in [-0.25, -0.2) is 4.98 Å². The van der Waals surface area contributed by atoms with Crippen LogP contribution in [-0.4, -0.2) is 36.6 Å². The van der Waals surface area contributed by atoms with E-state index in [1.165, 1.54) is 11.3 Å². The standard InChI is InChI=1S/C23H20ClN3O4S/c1-3-10-27-17-11-15(8-9-19(17)31-13-21(27)29)22-14(2)32-23(26-22)25-20(28)12-30-18-7-5-4-6-16(18)24/h3-9,11H,1,10,12-13H2,2H3,(H,25,26,28). The third kappa shape index (κ3) is 4.61. The normalized spacial score (nSPS) is 12.7. The average molecular weight is 470 g/mol. The number of amides is 2. The lowest BCUT2D eigenvalue weighted by Gasteiger charge is -2.28. The topological polar surface area (TPSA) is 80.8 Å². The van der Waals surface area contributed by atoms with Crippen LogP contribution >= 0.6 is 22.9 Å². The van der Waals surface area contributed by atoms with E-state index in [0.717, 1.165) is 16.1 Å². The second kappa shape index (κ2) is 9.42. The number of hydrogen-bond acceptors (Lipinski definition) is 6. The van der Waals surface area contributed by atoms with Gasteiger partial charge >= 0.3 is 0 Å². The van der Waals surface area contributed by atoms with E-state index >= 15 is 0 Å². The largest absolute Gasteiger partial charge is 0.482 e. The first kappa shape index (κ1) is 21.9. The number of aromatic nitrogens is 1. The zero-order valence-corrected chi connectivity index (χ0v) is 18.8. The Bertz CT molecular complexity index is 1190. The minimum Gasteiger partial charge on any atom is -0.482 e. The molecule has 1 N–H and O–H groups in total. The van der Waals surface area contributed by atoms with Crippen LogP contribution in [0.5, 0.6) is 11.5 Å². The van der Waals surface area contributed by atoms with Gasteiger partial charge in [-0.15, -0.1) is 17.9 Å². The van der Waals surface area contributed by atoms with Crippen LogP contribution in [0.3, 0.4) is 0 Å². The molecule has 0 atom stereocenters.